The number of carbonyl (C=O) groups is 2. The first-order valence-electron chi connectivity index (χ1n) is 4.21. The minimum absolute atomic E-state index is 0.267. The van der Waals surface area contributed by atoms with Crippen molar-refractivity contribution in [2.45, 2.75) is 26.2 Å². The van der Waals surface area contributed by atoms with Crippen LogP contribution in [-0.2, 0) is 9.53 Å². The van der Waals surface area contributed by atoms with Crippen LogP contribution in [0.3, 0.4) is 0 Å². The molecule has 82 valence electrons. The zero-order chi connectivity index (χ0) is 11.4. The van der Waals surface area contributed by atoms with Gasteiger partial charge in [0.2, 0.25) is 0 Å². The van der Waals surface area contributed by atoms with E-state index in [1.165, 1.54) is 13.2 Å². The molecule has 0 amide bonds. The van der Waals surface area contributed by atoms with Gasteiger partial charge in [-0.3, -0.25) is 0 Å². The summed E-state index contributed by atoms with van der Waals surface area (Å²) in [4.78, 5) is 19.0. The van der Waals surface area contributed by atoms with Gasteiger partial charge < -0.3 is 14.9 Å². The van der Waals surface area contributed by atoms with Gasteiger partial charge in [0.15, 0.2) is 0 Å². The summed E-state index contributed by atoms with van der Waals surface area (Å²) in [5.74, 6) is -0.267. The normalized spacial score (nSPS) is 9.00. The highest BCUT2D eigenvalue weighted by atomic mass is 16.6. The lowest BCUT2D eigenvalue weighted by atomic mass is 10.2. The van der Waals surface area contributed by atoms with E-state index < -0.39 is 6.16 Å². The molecule has 0 aliphatic heterocycles. The molecule has 0 atom stereocenters. The van der Waals surface area contributed by atoms with Crippen molar-refractivity contribution in [3.8, 4) is 0 Å². The van der Waals surface area contributed by atoms with Crippen molar-refractivity contribution >= 4 is 12.1 Å². The van der Waals surface area contributed by atoms with Crippen LogP contribution in [0.25, 0.3) is 0 Å². The van der Waals surface area contributed by atoms with Crippen LogP contribution < -0.4 is 0 Å². The summed E-state index contributed by atoms with van der Waals surface area (Å²) in [5, 5.41) is 13.9. The van der Waals surface area contributed by atoms with E-state index in [1.54, 1.807) is 0 Å². The van der Waals surface area contributed by atoms with Crippen LogP contribution in [0.15, 0.2) is 12.2 Å². The summed E-state index contributed by atoms with van der Waals surface area (Å²) in [6, 6.07) is 0. The van der Waals surface area contributed by atoms with Crippen molar-refractivity contribution in [1.82, 2.24) is 0 Å². The molecule has 0 radical (unpaired) electrons. The second-order valence-electron chi connectivity index (χ2n) is 2.35. The van der Waals surface area contributed by atoms with Gasteiger partial charge in [-0.25, -0.2) is 9.59 Å². The van der Waals surface area contributed by atoms with Crippen LogP contribution in [0.4, 0.5) is 4.79 Å². The summed E-state index contributed by atoms with van der Waals surface area (Å²) in [6.45, 7) is 2.12. The Hall–Kier alpha value is -1.52. The molecule has 0 fully saturated rings. The molecule has 0 bridgehead atoms. The van der Waals surface area contributed by atoms with Crippen molar-refractivity contribution in [2.75, 3.05) is 7.11 Å². The fourth-order valence-electron chi connectivity index (χ4n) is 0.570. The van der Waals surface area contributed by atoms with Crippen molar-refractivity contribution < 1.29 is 24.5 Å². The molecular formula is C9H16O5. The number of carboxylic acid groups (broad SMARTS) is 2. The van der Waals surface area contributed by atoms with E-state index in [9.17, 15) is 4.79 Å². The highest BCUT2D eigenvalue weighted by Crippen LogP contribution is 1.94. The topological polar surface area (TPSA) is 83.8 Å². The summed E-state index contributed by atoms with van der Waals surface area (Å²) in [7, 11) is 1.38. The molecule has 0 saturated carbocycles. The lowest BCUT2D eigenvalue weighted by Crippen LogP contribution is -1.93. The van der Waals surface area contributed by atoms with Crippen LogP contribution >= 0.6 is 0 Å². The average Bonchev–Trinajstić information content (AvgIpc) is 2.11. The van der Waals surface area contributed by atoms with Crippen LogP contribution in [0.1, 0.15) is 26.2 Å². The maximum Gasteiger partial charge on any atom is 0.503 e. The molecule has 14 heavy (non-hydrogen) atoms. The molecule has 0 saturated heterocycles. The Morgan fingerprint density at radius 1 is 1.36 bits per heavy atom. The zero-order valence-corrected chi connectivity index (χ0v) is 8.40. The van der Waals surface area contributed by atoms with Gasteiger partial charge in [0.25, 0.3) is 0 Å². The molecule has 0 aromatic rings. The predicted octanol–water partition coefficient (Wildman–Crippen LogP) is 2.13. The van der Waals surface area contributed by atoms with Gasteiger partial charge in [-0.1, -0.05) is 25.8 Å². The summed E-state index contributed by atoms with van der Waals surface area (Å²) in [5.41, 5.74) is 0. The van der Waals surface area contributed by atoms with E-state index in [0.717, 1.165) is 19.3 Å². The maximum atomic E-state index is 10.5. The predicted molar refractivity (Wildman–Crippen MR) is 51.3 cm³/mol. The second kappa shape index (κ2) is 11.5. The largest absolute Gasteiger partial charge is 0.503 e. The van der Waals surface area contributed by atoms with E-state index in [2.05, 4.69) is 11.7 Å². The summed E-state index contributed by atoms with van der Waals surface area (Å²) < 4.78 is 4.40. The first-order chi connectivity index (χ1) is 6.54. The van der Waals surface area contributed by atoms with E-state index in [0.29, 0.717) is 0 Å². The highest BCUT2D eigenvalue weighted by molar-refractivity contribution is 5.81. The zero-order valence-electron chi connectivity index (χ0n) is 8.40. The van der Waals surface area contributed by atoms with Crippen molar-refractivity contribution in [3.63, 3.8) is 0 Å². The Bertz CT molecular complexity index is 182. The third-order valence-electron chi connectivity index (χ3n) is 1.18. The first-order valence-corrected chi connectivity index (χ1v) is 4.21. The minimum Gasteiger partial charge on any atom is -0.466 e. The van der Waals surface area contributed by atoms with Crippen molar-refractivity contribution in [1.29, 1.82) is 0 Å². The molecule has 0 aromatic heterocycles. The lowest BCUT2D eigenvalue weighted by molar-refractivity contribution is -0.134. The van der Waals surface area contributed by atoms with Gasteiger partial charge in [-0.15, -0.1) is 0 Å². The standard InChI is InChI=1S/C8H14O2.CH2O3/c1-3-4-5-6-7-8(9)10-2;2-1(3)4/h6-7H,3-5H2,1-2H3;(H2,2,3,4). The molecule has 5 heteroatoms. The van der Waals surface area contributed by atoms with Crippen LogP contribution in [0.5, 0.6) is 0 Å². The Morgan fingerprint density at radius 2 is 1.86 bits per heavy atom. The van der Waals surface area contributed by atoms with Gasteiger partial charge in [-0.05, 0) is 6.42 Å². The third kappa shape index (κ3) is 22.4. The average molecular weight is 204 g/mol. The minimum atomic E-state index is -1.83. The molecule has 0 heterocycles. The van der Waals surface area contributed by atoms with Gasteiger partial charge >= 0.3 is 12.1 Å². The number of rotatable bonds is 4. The van der Waals surface area contributed by atoms with Gasteiger partial charge in [0.1, 0.15) is 0 Å². The van der Waals surface area contributed by atoms with Crippen molar-refractivity contribution in [2.24, 2.45) is 0 Å². The molecule has 0 spiro atoms. The first kappa shape index (κ1) is 15.0. The molecule has 0 aliphatic rings. The van der Waals surface area contributed by atoms with Gasteiger partial charge in [-0.2, -0.15) is 0 Å². The molecule has 2 N–H and O–H groups in total. The Kier molecular flexibility index (Phi) is 12.3. The van der Waals surface area contributed by atoms with Gasteiger partial charge in [0.05, 0.1) is 7.11 Å². The quantitative estimate of drug-likeness (QED) is 0.416. The number of carbonyl (C=O) groups excluding carboxylic acids is 1. The molecule has 5 nitrogen and oxygen atoms in total. The lowest BCUT2D eigenvalue weighted by Gasteiger charge is -1.89. The van der Waals surface area contributed by atoms with Crippen molar-refractivity contribution in [3.05, 3.63) is 12.2 Å². The smallest absolute Gasteiger partial charge is 0.466 e. The number of ether oxygens (including phenoxy) is 1. The number of hydrogen-bond donors (Lipinski definition) is 2. The number of unbranched alkanes of at least 4 members (excludes halogenated alkanes) is 2. The SMILES string of the molecule is CCCCC=CC(=O)OC.O=C(O)O. The van der Waals surface area contributed by atoms with E-state index in [-0.39, 0.29) is 5.97 Å². The van der Waals surface area contributed by atoms with E-state index in [4.69, 9.17) is 15.0 Å². The summed E-state index contributed by atoms with van der Waals surface area (Å²) >= 11 is 0. The number of methoxy groups -OCH3 is 1. The van der Waals surface area contributed by atoms with Crippen LogP contribution in [-0.4, -0.2) is 29.4 Å². The van der Waals surface area contributed by atoms with E-state index >= 15 is 0 Å². The second-order valence-corrected chi connectivity index (χ2v) is 2.35. The molecule has 0 unspecified atom stereocenters. The third-order valence-corrected chi connectivity index (χ3v) is 1.18. The molecule has 0 aliphatic carbocycles. The number of allylic oxidation sites excluding steroid dienone is 1. The molecule has 0 rings (SSSR count). The molecule has 0 aromatic carbocycles. The summed E-state index contributed by atoms with van der Waals surface area (Å²) in [6.07, 6.45) is 4.73. The Balaban J connectivity index is 0. The fourth-order valence-corrected chi connectivity index (χ4v) is 0.570. The Labute approximate surface area is 83.0 Å². The van der Waals surface area contributed by atoms with E-state index in [1.807, 2.05) is 6.08 Å². The highest BCUT2D eigenvalue weighted by Gasteiger charge is 1.87. The number of hydrogen-bond acceptors (Lipinski definition) is 3. The van der Waals surface area contributed by atoms with Crippen LogP contribution in [0.2, 0.25) is 0 Å². The van der Waals surface area contributed by atoms with Crippen LogP contribution in [0, 0.1) is 0 Å². The van der Waals surface area contributed by atoms with Gasteiger partial charge in [0, 0.05) is 6.08 Å². The molecular weight excluding hydrogens is 188 g/mol. The fraction of sp³-hybridized carbons (Fsp3) is 0.556. The maximum absolute atomic E-state index is 10.5. The Morgan fingerprint density at radius 3 is 2.21 bits per heavy atom. The monoisotopic (exact) mass is 204 g/mol. The number of esters is 1.